The van der Waals surface area contributed by atoms with Crippen molar-refractivity contribution in [2.45, 2.75) is 12.6 Å². The van der Waals surface area contributed by atoms with Gasteiger partial charge >= 0.3 is 5.97 Å². The Hall–Kier alpha value is -3.79. The number of carbonyl (C=O) groups is 2. The van der Waals surface area contributed by atoms with Gasteiger partial charge in [0.15, 0.2) is 6.04 Å². The first-order chi connectivity index (χ1) is 14.5. The van der Waals surface area contributed by atoms with E-state index in [-0.39, 0.29) is 6.54 Å². The highest BCUT2D eigenvalue weighted by atomic mass is 19.1. The van der Waals surface area contributed by atoms with Crippen molar-refractivity contribution >= 4 is 33.8 Å². The lowest BCUT2D eigenvalue weighted by Gasteiger charge is -2.14. The van der Waals surface area contributed by atoms with E-state index in [0.717, 1.165) is 17.1 Å². The molecule has 0 aromatic carbocycles. The molecule has 4 aromatic rings. The van der Waals surface area contributed by atoms with Gasteiger partial charge in [0.1, 0.15) is 18.0 Å². The molecule has 0 spiro atoms. The molecule has 154 valence electrons. The number of ether oxygens (including phenoxy) is 1. The molecule has 0 aliphatic carbocycles. The molecule has 1 atom stereocenters. The highest BCUT2D eigenvalue weighted by molar-refractivity contribution is 6.02. The summed E-state index contributed by atoms with van der Waals surface area (Å²) >= 11 is 0. The minimum atomic E-state index is -1.13. The van der Waals surface area contributed by atoms with Crippen LogP contribution in [0.1, 0.15) is 0 Å². The van der Waals surface area contributed by atoms with Crippen molar-refractivity contribution in [2.24, 2.45) is 0 Å². The van der Waals surface area contributed by atoms with Crippen LogP contribution < -0.4 is 5.32 Å². The van der Waals surface area contributed by atoms with Crippen LogP contribution in [-0.4, -0.2) is 56.3 Å². The second-order valence-electron chi connectivity index (χ2n) is 6.61. The third-order valence-corrected chi connectivity index (χ3v) is 4.77. The molecule has 0 saturated carbocycles. The number of hydrogen-bond donors (Lipinski definition) is 3. The number of carbonyl (C=O) groups excluding carboxylic acids is 2. The maximum Gasteiger partial charge on any atom is 0.330 e. The quantitative estimate of drug-likeness (QED) is 0.412. The number of nitrogens with zero attached hydrogens (tertiary/aromatic N) is 3. The van der Waals surface area contributed by atoms with Crippen molar-refractivity contribution in [2.75, 3.05) is 13.7 Å². The fraction of sp³-hybridized carbons (Fsp3) is 0.200. The van der Waals surface area contributed by atoms with Crippen molar-refractivity contribution in [1.82, 2.24) is 24.8 Å². The summed E-state index contributed by atoms with van der Waals surface area (Å²) in [5.41, 5.74) is 2.58. The van der Waals surface area contributed by atoms with E-state index in [1.165, 1.54) is 13.2 Å². The van der Waals surface area contributed by atoms with Gasteiger partial charge in [0.2, 0.25) is 5.91 Å². The summed E-state index contributed by atoms with van der Waals surface area (Å²) in [6.07, 6.45) is 6.17. The number of aromatic amines is 1. The van der Waals surface area contributed by atoms with Crippen LogP contribution in [0.5, 0.6) is 0 Å². The van der Waals surface area contributed by atoms with Crippen LogP contribution in [0, 0.1) is 5.82 Å². The predicted molar refractivity (Wildman–Crippen MR) is 106 cm³/mol. The maximum absolute atomic E-state index is 13.7. The van der Waals surface area contributed by atoms with Gasteiger partial charge in [-0.2, -0.15) is 0 Å². The second kappa shape index (κ2) is 7.91. The number of H-pyrrole nitrogens is 1. The number of pyridine rings is 2. The average Bonchev–Trinajstić information content (AvgIpc) is 3.35. The van der Waals surface area contributed by atoms with E-state index in [0.29, 0.717) is 22.3 Å². The lowest BCUT2D eigenvalue weighted by Crippen LogP contribution is -2.45. The standard InChI is InChI=1S/C20H18FN5O4/c1-30-20(29)15(10-27)25-17(28)9-26-5-3-12-16(26)2-4-22-18(12)14-8-24-19-13(14)6-11(21)7-23-19/h2-8,15,27H,9-10H2,1H3,(H,23,24)(H,25,28)/t15-/m0/s1. The molecule has 10 heteroatoms. The van der Waals surface area contributed by atoms with E-state index < -0.39 is 30.3 Å². The van der Waals surface area contributed by atoms with Crippen molar-refractivity contribution in [3.63, 3.8) is 0 Å². The van der Waals surface area contributed by atoms with Gasteiger partial charge in [0.25, 0.3) is 0 Å². The number of fused-ring (bicyclic) bond motifs is 2. The number of rotatable bonds is 6. The van der Waals surface area contributed by atoms with Gasteiger partial charge in [0, 0.05) is 34.9 Å². The van der Waals surface area contributed by atoms with Gasteiger partial charge in [-0.1, -0.05) is 0 Å². The van der Waals surface area contributed by atoms with E-state index in [2.05, 4.69) is 25.0 Å². The molecule has 0 saturated heterocycles. The summed E-state index contributed by atoms with van der Waals surface area (Å²) < 4.78 is 19.9. The first-order valence-corrected chi connectivity index (χ1v) is 9.06. The molecule has 3 N–H and O–H groups in total. The molecule has 30 heavy (non-hydrogen) atoms. The molecule has 0 aliphatic heterocycles. The molecule has 9 nitrogen and oxygen atoms in total. The molecule has 0 bridgehead atoms. The highest BCUT2D eigenvalue weighted by Gasteiger charge is 2.21. The van der Waals surface area contributed by atoms with Crippen LogP contribution in [0.3, 0.4) is 0 Å². The van der Waals surface area contributed by atoms with Gasteiger partial charge in [-0.3, -0.25) is 9.78 Å². The number of esters is 1. The normalized spacial score (nSPS) is 12.2. The minimum absolute atomic E-state index is 0.0789. The smallest absolute Gasteiger partial charge is 0.330 e. The van der Waals surface area contributed by atoms with E-state index in [9.17, 15) is 19.1 Å². The van der Waals surface area contributed by atoms with Gasteiger partial charge in [-0.25, -0.2) is 14.2 Å². The van der Waals surface area contributed by atoms with Gasteiger partial charge < -0.3 is 24.7 Å². The summed E-state index contributed by atoms with van der Waals surface area (Å²) in [5, 5.41) is 13.1. The Morgan fingerprint density at radius 3 is 2.93 bits per heavy atom. The SMILES string of the molecule is COC(=O)[C@H](CO)NC(=O)Cn1ccc2c(-c3c[nH]c4ncc(F)cc34)nccc21. The molecule has 0 unspecified atom stereocenters. The Bertz CT molecular complexity index is 1250. The van der Waals surface area contributed by atoms with Gasteiger partial charge in [0.05, 0.1) is 31.1 Å². The van der Waals surface area contributed by atoms with Crippen molar-refractivity contribution in [3.8, 4) is 11.3 Å². The third kappa shape index (κ3) is 3.48. The average molecular weight is 411 g/mol. The van der Waals surface area contributed by atoms with E-state index in [1.54, 1.807) is 35.3 Å². The molecule has 1 amide bonds. The van der Waals surface area contributed by atoms with Crippen LogP contribution in [0.25, 0.3) is 33.2 Å². The third-order valence-electron chi connectivity index (χ3n) is 4.77. The lowest BCUT2D eigenvalue weighted by atomic mass is 10.1. The maximum atomic E-state index is 13.7. The molecule has 0 radical (unpaired) electrons. The van der Waals surface area contributed by atoms with Gasteiger partial charge in [-0.05, 0) is 18.2 Å². The number of aliphatic hydroxyl groups excluding tert-OH is 1. The zero-order valence-corrected chi connectivity index (χ0v) is 15.9. The lowest BCUT2D eigenvalue weighted by molar-refractivity contribution is -0.146. The van der Waals surface area contributed by atoms with Crippen LogP contribution in [0.15, 0.2) is 43.0 Å². The van der Waals surface area contributed by atoms with Crippen molar-refractivity contribution in [1.29, 1.82) is 0 Å². The van der Waals surface area contributed by atoms with Crippen LogP contribution in [0.4, 0.5) is 4.39 Å². The number of halogens is 1. The van der Waals surface area contributed by atoms with Crippen molar-refractivity contribution in [3.05, 3.63) is 48.8 Å². The van der Waals surface area contributed by atoms with Gasteiger partial charge in [-0.15, -0.1) is 0 Å². The van der Waals surface area contributed by atoms with Crippen molar-refractivity contribution < 1.29 is 23.8 Å². The summed E-state index contributed by atoms with van der Waals surface area (Å²) in [4.78, 5) is 35.4. The summed E-state index contributed by atoms with van der Waals surface area (Å²) in [7, 11) is 1.18. The van der Waals surface area contributed by atoms with Crippen LogP contribution in [-0.2, 0) is 20.9 Å². The second-order valence-corrected chi connectivity index (χ2v) is 6.61. The zero-order chi connectivity index (χ0) is 21.3. The van der Waals surface area contributed by atoms with Crippen LogP contribution in [0.2, 0.25) is 0 Å². The Balaban J connectivity index is 1.66. The largest absolute Gasteiger partial charge is 0.467 e. The molecule has 4 heterocycles. The molecular formula is C20H18FN5O4. The minimum Gasteiger partial charge on any atom is -0.467 e. The Labute approximate surface area is 169 Å². The topological polar surface area (TPSA) is 122 Å². The number of aliphatic hydroxyl groups is 1. The monoisotopic (exact) mass is 411 g/mol. The number of nitrogens with one attached hydrogen (secondary N) is 2. The highest BCUT2D eigenvalue weighted by Crippen LogP contribution is 2.32. The summed E-state index contributed by atoms with van der Waals surface area (Å²) in [5.74, 6) is -1.64. The first kappa shape index (κ1) is 19.5. The Kier molecular flexibility index (Phi) is 5.15. The summed E-state index contributed by atoms with van der Waals surface area (Å²) in [6.45, 7) is -0.644. The summed E-state index contributed by atoms with van der Waals surface area (Å²) in [6, 6.07) is 3.82. The Morgan fingerprint density at radius 2 is 2.17 bits per heavy atom. The molecule has 4 aromatic heterocycles. The van der Waals surface area contributed by atoms with E-state index in [4.69, 9.17) is 0 Å². The predicted octanol–water partition coefficient (Wildman–Crippen LogP) is 1.37. The number of methoxy groups -OCH3 is 1. The fourth-order valence-electron chi connectivity index (χ4n) is 3.36. The first-order valence-electron chi connectivity index (χ1n) is 9.06. The number of aromatic nitrogens is 4. The number of amides is 1. The Morgan fingerprint density at radius 1 is 1.33 bits per heavy atom. The number of hydrogen-bond acceptors (Lipinski definition) is 6. The molecule has 0 aliphatic rings. The van der Waals surface area contributed by atoms with E-state index >= 15 is 0 Å². The van der Waals surface area contributed by atoms with E-state index in [1.807, 2.05) is 0 Å². The molecular weight excluding hydrogens is 393 g/mol. The zero-order valence-electron chi connectivity index (χ0n) is 15.9. The molecule has 4 rings (SSSR count). The molecule has 0 fully saturated rings. The van der Waals surface area contributed by atoms with Crippen LogP contribution >= 0.6 is 0 Å². The fourth-order valence-corrected chi connectivity index (χ4v) is 3.36.